The van der Waals surface area contributed by atoms with Gasteiger partial charge in [0, 0.05) is 6.04 Å². The summed E-state index contributed by atoms with van der Waals surface area (Å²) >= 11 is 0. The molecular weight excluding hydrogens is 120 g/mol. The molecule has 3 N–H and O–H groups in total. The van der Waals surface area contributed by atoms with E-state index < -0.39 is 5.97 Å². The number of nitrogens with two attached hydrogens (primary N) is 1. The van der Waals surface area contributed by atoms with Crippen molar-refractivity contribution in [1.82, 2.24) is 5.32 Å². The number of carbonyl (C=O) groups is 1. The van der Waals surface area contributed by atoms with Crippen LogP contribution in [-0.4, -0.2) is 18.6 Å². The third-order valence-corrected chi connectivity index (χ3v) is 0.786. The molecule has 0 bridgehead atoms. The molecule has 0 aromatic rings. The Morgan fingerprint density at radius 2 is 2.33 bits per heavy atom. The lowest BCUT2D eigenvalue weighted by Crippen LogP contribution is -2.31. The zero-order chi connectivity index (χ0) is 7.28. The second-order valence-electron chi connectivity index (χ2n) is 2.03. The molecule has 0 amide bonds. The van der Waals surface area contributed by atoms with E-state index in [1.165, 1.54) is 0 Å². The maximum atomic E-state index is 10.3. The molecule has 4 nitrogen and oxygen atoms in total. The zero-order valence-corrected chi connectivity index (χ0v) is 5.68. The fraction of sp³-hybridized carbons (Fsp3) is 0.800. The Balaban J connectivity index is 3.17. The van der Waals surface area contributed by atoms with Crippen molar-refractivity contribution in [3.8, 4) is 0 Å². The van der Waals surface area contributed by atoms with Gasteiger partial charge in [-0.15, -0.1) is 0 Å². The van der Waals surface area contributed by atoms with E-state index in [4.69, 9.17) is 0 Å². The first-order chi connectivity index (χ1) is 4.16. The van der Waals surface area contributed by atoms with E-state index in [-0.39, 0.29) is 12.6 Å². The summed E-state index contributed by atoms with van der Waals surface area (Å²) in [5, 5.41) is 2.84. The van der Waals surface area contributed by atoms with Crippen molar-refractivity contribution in [3.05, 3.63) is 0 Å². The van der Waals surface area contributed by atoms with Gasteiger partial charge in [-0.1, -0.05) is 13.8 Å². The van der Waals surface area contributed by atoms with Crippen LogP contribution in [0, 0.1) is 0 Å². The van der Waals surface area contributed by atoms with Crippen LogP contribution in [0.4, 0.5) is 0 Å². The number of hydrogen-bond donors (Lipinski definition) is 2. The lowest BCUT2D eigenvalue weighted by Gasteiger charge is -2.04. The third-order valence-electron chi connectivity index (χ3n) is 0.786. The monoisotopic (exact) mass is 132 g/mol. The molecule has 0 atom stereocenters. The fourth-order valence-corrected chi connectivity index (χ4v) is 0.329. The van der Waals surface area contributed by atoms with Crippen molar-refractivity contribution >= 4 is 5.97 Å². The predicted octanol–water partition coefficient (Wildman–Crippen LogP) is -0.599. The molecule has 0 saturated heterocycles. The van der Waals surface area contributed by atoms with Crippen molar-refractivity contribution < 1.29 is 9.63 Å². The Kier molecular flexibility index (Phi) is 4.00. The van der Waals surface area contributed by atoms with Crippen molar-refractivity contribution in [2.45, 2.75) is 19.9 Å². The fourth-order valence-electron chi connectivity index (χ4n) is 0.329. The standard InChI is InChI=1S/C5H12N2O2/c1-4(2)7-3-5(8)9-6/h4,7H,3,6H2,1-2H3. The summed E-state index contributed by atoms with van der Waals surface area (Å²) in [4.78, 5) is 14.2. The van der Waals surface area contributed by atoms with Crippen LogP contribution in [0.25, 0.3) is 0 Å². The highest BCUT2D eigenvalue weighted by Gasteiger charge is 1.99. The number of nitrogens with one attached hydrogen (secondary N) is 1. The van der Waals surface area contributed by atoms with Gasteiger partial charge in [-0.3, -0.25) is 0 Å². The maximum absolute atomic E-state index is 10.3. The van der Waals surface area contributed by atoms with Crippen LogP contribution in [0.1, 0.15) is 13.8 Å². The first-order valence-electron chi connectivity index (χ1n) is 2.79. The van der Waals surface area contributed by atoms with Crippen LogP contribution in [-0.2, 0) is 9.63 Å². The topological polar surface area (TPSA) is 64.3 Å². The molecule has 54 valence electrons. The van der Waals surface area contributed by atoms with Crippen LogP contribution in [0.5, 0.6) is 0 Å². The van der Waals surface area contributed by atoms with Crippen LogP contribution >= 0.6 is 0 Å². The summed E-state index contributed by atoms with van der Waals surface area (Å²) in [6.07, 6.45) is 0. The Bertz CT molecular complexity index is 93.0. The lowest BCUT2D eigenvalue weighted by atomic mass is 10.4. The molecule has 0 spiro atoms. The minimum Gasteiger partial charge on any atom is -0.372 e. The predicted molar refractivity (Wildman–Crippen MR) is 33.4 cm³/mol. The van der Waals surface area contributed by atoms with Crippen molar-refractivity contribution in [2.75, 3.05) is 6.54 Å². The van der Waals surface area contributed by atoms with E-state index >= 15 is 0 Å². The van der Waals surface area contributed by atoms with E-state index in [0.29, 0.717) is 0 Å². The van der Waals surface area contributed by atoms with Gasteiger partial charge in [0.15, 0.2) is 0 Å². The summed E-state index contributed by atoms with van der Waals surface area (Å²) in [7, 11) is 0. The molecule has 4 heteroatoms. The van der Waals surface area contributed by atoms with E-state index in [1.807, 2.05) is 13.8 Å². The van der Waals surface area contributed by atoms with Crippen LogP contribution < -0.4 is 11.2 Å². The third kappa shape index (κ3) is 5.26. The van der Waals surface area contributed by atoms with Gasteiger partial charge in [-0.05, 0) is 0 Å². The number of rotatable bonds is 3. The number of hydrogen-bond acceptors (Lipinski definition) is 4. The van der Waals surface area contributed by atoms with Crippen LogP contribution in [0.2, 0.25) is 0 Å². The molecule has 0 unspecified atom stereocenters. The summed E-state index contributed by atoms with van der Waals surface area (Å²) in [6.45, 7) is 4.04. The Morgan fingerprint density at radius 1 is 1.78 bits per heavy atom. The zero-order valence-electron chi connectivity index (χ0n) is 5.68. The van der Waals surface area contributed by atoms with Crippen molar-refractivity contribution in [3.63, 3.8) is 0 Å². The van der Waals surface area contributed by atoms with Gasteiger partial charge in [0.2, 0.25) is 0 Å². The molecule has 0 aliphatic carbocycles. The van der Waals surface area contributed by atoms with Gasteiger partial charge in [0.25, 0.3) is 0 Å². The Morgan fingerprint density at radius 3 is 2.67 bits per heavy atom. The average Bonchev–Trinajstić information content (AvgIpc) is 1.83. The Hall–Kier alpha value is -0.610. The van der Waals surface area contributed by atoms with E-state index in [9.17, 15) is 4.79 Å². The Labute approximate surface area is 54.3 Å². The normalized spacial score (nSPS) is 9.78. The first kappa shape index (κ1) is 8.39. The molecule has 0 rings (SSSR count). The smallest absolute Gasteiger partial charge is 0.338 e. The molecule has 0 fully saturated rings. The molecule has 9 heavy (non-hydrogen) atoms. The highest BCUT2D eigenvalue weighted by molar-refractivity contribution is 5.71. The second-order valence-corrected chi connectivity index (χ2v) is 2.03. The summed E-state index contributed by atoms with van der Waals surface area (Å²) in [5.74, 6) is 4.13. The summed E-state index contributed by atoms with van der Waals surface area (Å²) in [5.41, 5.74) is 0. The summed E-state index contributed by atoms with van der Waals surface area (Å²) < 4.78 is 0. The molecule has 0 aliphatic rings. The molecular formula is C5H12N2O2. The molecule has 0 saturated carbocycles. The molecule has 0 radical (unpaired) electrons. The highest BCUT2D eigenvalue weighted by Crippen LogP contribution is 1.74. The average molecular weight is 132 g/mol. The molecule has 0 heterocycles. The van der Waals surface area contributed by atoms with Gasteiger partial charge in [-0.2, -0.15) is 5.90 Å². The van der Waals surface area contributed by atoms with Gasteiger partial charge >= 0.3 is 5.97 Å². The SMILES string of the molecule is CC(C)NCC(=O)ON. The minimum absolute atomic E-state index is 0.175. The van der Waals surface area contributed by atoms with E-state index in [2.05, 4.69) is 16.1 Å². The van der Waals surface area contributed by atoms with Crippen LogP contribution in [0.3, 0.4) is 0 Å². The van der Waals surface area contributed by atoms with E-state index in [0.717, 1.165) is 0 Å². The van der Waals surface area contributed by atoms with Gasteiger partial charge in [0.1, 0.15) is 0 Å². The maximum Gasteiger partial charge on any atom is 0.338 e. The summed E-state index contributed by atoms with van der Waals surface area (Å²) in [6, 6.07) is 0.282. The first-order valence-corrected chi connectivity index (χ1v) is 2.79. The van der Waals surface area contributed by atoms with E-state index in [1.54, 1.807) is 0 Å². The van der Waals surface area contributed by atoms with Crippen molar-refractivity contribution in [1.29, 1.82) is 0 Å². The second kappa shape index (κ2) is 4.29. The quantitative estimate of drug-likeness (QED) is 0.503. The minimum atomic E-state index is -0.441. The van der Waals surface area contributed by atoms with Crippen molar-refractivity contribution in [2.24, 2.45) is 5.90 Å². The van der Waals surface area contributed by atoms with Gasteiger partial charge in [-0.25, -0.2) is 4.79 Å². The highest BCUT2D eigenvalue weighted by atomic mass is 16.7. The molecule has 0 aromatic carbocycles. The largest absolute Gasteiger partial charge is 0.372 e. The number of carbonyl (C=O) groups excluding carboxylic acids is 1. The molecule has 0 aromatic heterocycles. The van der Waals surface area contributed by atoms with Gasteiger partial charge in [0.05, 0.1) is 6.54 Å². The lowest BCUT2D eigenvalue weighted by molar-refractivity contribution is -0.143. The molecule has 0 aliphatic heterocycles. The van der Waals surface area contributed by atoms with Gasteiger partial charge < -0.3 is 10.2 Å². The van der Waals surface area contributed by atoms with Crippen LogP contribution in [0.15, 0.2) is 0 Å².